The summed E-state index contributed by atoms with van der Waals surface area (Å²) < 4.78 is 5.39. The Morgan fingerprint density at radius 1 is 1.62 bits per heavy atom. The molecule has 0 saturated carbocycles. The SMILES string of the molecule is COc1cc(Br)c(NCC=O)c([N+](=O)[O-])c1. The van der Waals surface area contributed by atoms with Crippen LogP contribution in [0.25, 0.3) is 0 Å². The second-order valence-electron chi connectivity index (χ2n) is 2.81. The Balaban J connectivity index is 3.22. The molecule has 16 heavy (non-hydrogen) atoms. The number of carbonyl (C=O) groups excluding carboxylic acids is 1. The normalized spacial score (nSPS) is 9.62. The number of nitro groups is 1. The Bertz CT molecular complexity index is 422. The van der Waals surface area contributed by atoms with Gasteiger partial charge in [0.2, 0.25) is 0 Å². The number of nitrogens with zero attached hydrogens (tertiary/aromatic N) is 1. The summed E-state index contributed by atoms with van der Waals surface area (Å²) in [5.74, 6) is 0.371. The Kier molecular flexibility index (Phi) is 4.24. The van der Waals surface area contributed by atoms with Crippen molar-refractivity contribution in [3.8, 4) is 5.75 Å². The van der Waals surface area contributed by atoms with E-state index in [-0.39, 0.29) is 17.9 Å². The van der Waals surface area contributed by atoms with Gasteiger partial charge in [-0.2, -0.15) is 0 Å². The predicted octanol–water partition coefficient (Wildman–Crippen LogP) is 1.98. The molecule has 86 valence electrons. The molecule has 0 aliphatic rings. The van der Waals surface area contributed by atoms with Crippen LogP contribution < -0.4 is 10.1 Å². The number of benzene rings is 1. The summed E-state index contributed by atoms with van der Waals surface area (Å²) in [5, 5.41) is 13.5. The predicted molar refractivity (Wildman–Crippen MR) is 61.9 cm³/mol. The number of hydrogen-bond donors (Lipinski definition) is 1. The van der Waals surface area contributed by atoms with E-state index in [1.165, 1.54) is 13.2 Å². The maximum absolute atomic E-state index is 10.8. The molecule has 0 fully saturated rings. The highest BCUT2D eigenvalue weighted by Crippen LogP contribution is 2.36. The van der Waals surface area contributed by atoms with Gasteiger partial charge in [0.1, 0.15) is 17.7 Å². The summed E-state index contributed by atoms with van der Waals surface area (Å²) in [6.45, 7) is 0.00572. The third-order valence-electron chi connectivity index (χ3n) is 1.84. The quantitative estimate of drug-likeness (QED) is 0.509. The number of ether oxygens (including phenoxy) is 1. The topological polar surface area (TPSA) is 81.5 Å². The van der Waals surface area contributed by atoms with Gasteiger partial charge in [-0.05, 0) is 22.0 Å². The number of carbonyl (C=O) groups is 1. The van der Waals surface area contributed by atoms with E-state index in [0.29, 0.717) is 16.5 Å². The molecule has 1 N–H and O–H groups in total. The molecule has 0 saturated heterocycles. The average Bonchev–Trinajstić information content (AvgIpc) is 2.26. The number of aldehydes is 1. The minimum Gasteiger partial charge on any atom is -0.496 e. The van der Waals surface area contributed by atoms with Crippen molar-refractivity contribution < 1.29 is 14.5 Å². The molecule has 1 aromatic carbocycles. The van der Waals surface area contributed by atoms with Crippen molar-refractivity contribution in [1.82, 2.24) is 0 Å². The Hall–Kier alpha value is -1.63. The number of anilines is 1. The fourth-order valence-electron chi connectivity index (χ4n) is 1.15. The van der Waals surface area contributed by atoms with E-state index < -0.39 is 4.92 Å². The Labute approximate surface area is 99.9 Å². The minimum absolute atomic E-state index is 0.00572. The van der Waals surface area contributed by atoms with Gasteiger partial charge >= 0.3 is 0 Å². The molecule has 0 atom stereocenters. The van der Waals surface area contributed by atoms with Crippen LogP contribution in [0.4, 0.5) is 11.4 Å². The maximum Gasteiger partial charge on any atom is 0.297 e. The molecule has 0 amide bonds. The lowest BCUT2D eigenvalue weighted by atomic mass is 10.2. The van der Waals surface area contributed by atoms with Crippen LogP contribution in [0.3, 0.4) is 0 Å². The van der Waals surface area contributed by atoms with Crippen molar-refractivity contribution in [3.05, 3.63) is 26.7 Å². The van der Waals surface area contributed by atoms with Crippen LogP contribution in [0, 0.1) is 10.1 Å². The van der Waals surface area contributed by atoms with E-state index in [4.69, 9.17) is 4.74 Å². The molecule has 0 heterocycles. The van der Waals surface area contributed by atoms with Gasteiger partial charge < -0.3 is 14.8 Å². The summed E-state index contributed by atoms with van der Waals surface area (Å²) in [6, 6.07) is 2.87. The average molecular weight is 289 g/mol. The number of methoxy groups -OCH3 is 1. The first kappa shape index (κ1) is 12.4. The zero-order valence-corrected chi connectivity index (χ0v) is 9.98. The van der Waals surface area contributed by atoms with Crippen LogP contribution in [0.5, 0.6) is 5.75 Å². The summed E-state index contributed by atoms with van der Waals surface area (Å²) in [6.07, 6.45) is 0.625. The molecule has 1 aromatic rings. The molecular formula is C9H9BrN2O4. The third kappa shape index (κ3) is 2.69. The van der Waals surface area contributed by atoms with Crippen LogP contribution in [0.1, 0.15) is 0 Å². The first-order valence-corrected chi connectivity index (χ1v) is 5.09. The van der Waals surface area contributed by atoms with Gasteiger partial charge in [-0.1, -0.05) is 0 Å². The number of nitrogens with one attached hydrogen (secondary N) is 1. The highest BCUT2D eigenvalue weighted by molar-refractivity contribution is 9.10. The van der Waals surface area contributed by atoms with Crippen LogP contribution in [-0.2, 0) is 4.79 Å². The van der Waals surface area contributed by atoms with Crippen molar-refractivity contribution in [2.75, 3.05) is 19.0 Å². The van der Waals surface area contributed by atoms with Crippen LogP contribution in [-0.4, -0.2) is 24.9 Å². The molecule has 0 unspecified atom stereocenters. The van der Waals surface area contributed by atoms with Gasteiger partial charge in [-0.3, -0.25) is 10.1 Å². The third-order valence-corrected chi connectivity index (χ3v) is 2.46. The molecule has 0 aromatic heterocycles. The summed E-state index contributed by atoms with van der Waals surface area (Å²) in [7, 11) is 1.42. The monoisotopic (exact) mass is 288 g/mol. The minimum atomic E-state index is -0.541. The molecular weight excluding hydrogens is 280 g/mol. The van der Waals surface area contributed by atoms with Crippen LogP contribution in [0.15, 0.2) is 16.6 Å². The standard InChI is InChI=1S/C9H9BrN2O4/c1-16-6-4-7(10)9(11-2-3-13)8(5-6)12(14)15/h3-5,11H,2H2,1H3. The summed E-state index contributed by atoms with van der Waals surface area (Å²) >= 11 is 3.17. The first-order valence-electron chi connectivity index (χ1n) is 4.29. The fraction of sp³-hybridized carbons (Fsp3) is 0.222. The second kappa shape index (κ2) is 5.45. The van der Waals surface area contributed by atoms with E-state index in [1.54, 1.807) is 6.07 Å². The van der Waals surface area contributed by atoms with Gasteiger partial charge in [0, 0.05) is 0 Å². The smallest absolute Gasteiger partial charge is 0.297 e. The van der Waals surface area contributed by atoms with Crippen molar-refractivity contribution in [3.63, 3.8) is 0 Å². The Morgan fingerprint density at radius 2 is 2.31 bits per heavy atom. The van der Waals surface area contributed by atoms with E-state index in [9.17, 15) is 14.9 Å². The lowest BCUT2D eigenvalue weighted by Gasteiger charge is -2.08. The highest BCUT2D eigenvalue weighted by Gasteiger charge is 2.18. The number of halogens is 1. The van der Waals surface area contributed by atoms with Gasteiger partial charge in [0.15, 0.2) is 0 Å². The Morgan fingerprint density at radius 3 is 2.81 bits per heavy atom. The highest BCUT2D eigenvalue weighted by atomic mass is 79.9. The van der Waals surface area contributed by atoms with E-state index >= 15 is 0 Å². The second-order valence-corrected chi connectivity index (χ2v) is 3.66. The van der Waals surface area contributed by atoms with Crippen molar-refractivity contribution in [2.45, 2.75) is 0 Å². The largest absolute Gasteiger partial charge is 0.496 e. The number of nitro benzene ring substituents is 1. The molecule has 0 radical (unpaired) electrons. The van der Waals surface area contributed by atoms with Gasteiger partial charge in [-0.15, -0.1) is 0 Å². The molecule has 7 heteroatoms. The number of rotatable bonds is 5. The zero-order chi connectivity index (χ0) is 12.1. The van der Waals surface area contributed by atoms with Crippen LogP contribution in [0.2, 0.25) is 0 Å². The van der Waals surface area contributed by atoms with Gasteiger partial charge in [0.05, 0.1) is 29.1 Å². The number of hydrogen-bond acceptors (Lipinski definition) is 5. The first-order chi connectivity index (χ1) is 7.60. The van der Waals surface area contributed by atoms with Crippen molar-refractivity contribution in [1.29, 1.82) is 0 Å². The lowest BCUT2D eigenvalue weighted by Crippen LogP contribution is -2.06. The van der Waals surface area contributed by atoms with E-state index in [1.807, 2.05) is 0 Å². The molecule has 0 aliphatic carbocycles. The summed E-state index contributed by atoms with van der Waals surface area (Å²) in [4.78, 5) is 20.5. The van der Waals surface area contributed by atoms with E-state index in [2.05, 4.69) is 21.2 Å². The lowest BCUT2D eigenvalue weighted by molar-refractivity contribution is -0.384. The van der Waals surface area contributed by atoms with Crippen LogP contribution >= 0.6 is 15.9 Å². The molecule has 0 aliphatic heterocycles. The molecule has 6 nitrogen and oxygen atoms in total. The summed E-state index contributed by atoms with van der Waals surface area (Å²) in [5.41, 5.74) is 0.117. The maximum atomic E-state index is 10.8. The van der Waals surface area contributed by atoms with Crippen molar-refractivity contribution in [2.24, 2.45) is 0 Å². The zero-order valence-electron chi connectivity index (χ0n) is 8.40. The van der Waals surface area contributed by atoms with Gasteiger partial charge in [0.25, 0.3) is 5.69 Å². The van der Waals surface area contributed by atoms with E-state index in [0.717, 1.165) is 0 Å². The molecule has 1 rings (SSSR count). The molecule has 0 spiro atoms. The molecule has 0 bridgehead atoms. The van der Waals surface area contributed by atoms with Gasteiger partial charge in [-0.25, -0.2) is 0 Å². The van der Waals surface area contributed by atoms with Crippen molar-refractivity contribution >= 4 is 33.6 Å². The fourth-order valence-corrected chi connectivity index (χ4v) is 1.72.